The predicted octanol–water partition coefficient (Wildman–Crippen LogP) is 6.59. The number of nitrogens with one attached hydrogen (secondary N) is 2. The molecule has 2 aromatic carbocycles. The Morgan fingerprint density at radius 1 is 1.09 bits per heavy atom. The maximum Gasteiger partial charge on any atom is 0.239 e. The molecule has 1 saturated carbocycles. The van der Waals surface area contributed by atoms with E-state index in [1.54, 1.807) is 12.1 Å². The summed E-state index contributed by atoms with van der Waals surface area (Å²) in [5.41, 5.74) is 2.24. The van der Waals surface area contributed by atoms with E-state index in [2.05, 4.69) is 15.6 Å². The number of thiazole rings is 1. The Morgan fingerprint density at radius 2 is 1.85 bits per heavy atom. The van der Waals surface area contributed by atoms with Gasteiger partial charge in [-0.2, -0.15) is 0 Å². The van der Waals surface area contributed by atoms with Crippen molar-refractivity contribution >= 4 is 45.7 Å². The number of carbonyl (C=O) groups is 2. The molecule has 0 aliphatic heterocycles. The number of carbonyl (C=O) groups excluding carboxylic acids is 2. The lowest BCUT2D eigenvalue weighted by atomic mass is 9.88. The van der Waals surface area contributed by atoms with Crippen LogP contribution in [-0.2, 0) is 9.59 Å². The number of nitrogens with zero attached hydrogens (tertiary/aromatic N) is 1. The smallest absolute Gasteiger partial charge is 0.239 e. The van der Waals surface area contributed by atoms with Gasteiger partial charge >= 0.3 is 0 Å². The van der Waals surface area contributed by atoms with E-state index in [-0.39, 0.29) is 28.8 Å². The lowest BCUT2D eigenvalue weighted by molar-refractivity contribution is -0.120. The van der Waals surface area contributed by atoms with Gasteiger partial charge in [0.05, 0.1) is 10.9 Å². The van der Waals surface area contributed by atoms with Crippen LogP contribution < -0.4 is 10.6 Å². The first-order valence-corrected chi connectivity index (χ1v) is 12.8. The molecular formula is C25H26FN3O2S2. The molecule has 4 rings (SSSR count). The van der Waals surface area contributed by atoms with Crippen molar-refractivity contribution < 1.29 is 14.0 Å². The molecule has 1 atom stereocenters. The molecule has 0 radical (unpaired) electrons. The maximum atomic E-state index is 13.1. The molecule has 1 heterocycles. The summed E-state index contributed by atoms with van der Waals surface area (Å²) >= 11 is 2.75. The number of hydrogen-bond donors (Lipinski definition) is 2. The van der Waals surface area contributed by atoms with Crippen LogP contribution in [0.1, 0.15) is 39.0 Å². The molecule has 5 nitrogen and oxygen atoms in total. The second-order valence-corrected chi connectivity index (χ2v) is 10.4. The van der Waals surface area contributed by atoms with Gasteiger partial charge in [-0.05, 0) is 62.2 Å². The maximum absolute atomic E-state index is 13.1. The number of hydrogen-bond acceptors (Lipinski definition) is 5. The van der Waals surface area contributed by atoms with Crippen LogP contribution in [0.25, 0.3) is 11.3 Å². The third-order valence-electron chi connectivity index (χ3n) is 5.63. The number of aromatic nitrogens is 1. The molecule has 1 aliphatic carbocycles. The van der Waals surface area contributed by atoms with Crippen molar-refractivity contribution in [2.24, 2.45) is 5.92 Å². The number of halogens is 1. The summed E-state index contributed by atoms with van der Waals surface area (Å²) in [6.45, 7) is 1.84. The minimum atomic E-state index is -0.354. The molecule has 33 heavy (non-hydrogen) atoms. The topological polar surface area (TPSA) is 71.1 Å². The quantitative estimate of drug-likeness (QED) is 0.372. The summed E-state index contributed by atoms with van der Waals surface area (Å²) in [6.07, 6.45) is 5.36. The van der Waals surface area contributed by atoms with E-state index in [4.69, 9.17) is 0 Å². The molecule has 172 valence electrons. The number of thioether (sulfide) groups is 1. The van der Waals surface area contributed by atoms with E-state index >= 15 is 0 Å². The summed E-state index contributed by atoms with van der Waals surface area (Å²) in [7, 11) is 0. The van der Waals surface area contributed by atoms with Gasteiger partial charge in [-0.15, -0.1) is 23.1 Å². The highest BCUT2D eigenvalue weighted by Crippen LogP contribution is 2.30. The highest BCUT2D eigenvalue weighted by Gasteiger charge is 2.21. The largest absolute Gasteiger partial charge is 0.326 e. The van der Waals surface area contributed by atoms with Crippen LogP contribution in [0.3, 0.4) is 0 Å². The summed E-state index contributed by atoms with van der Waals surface area (Å²) in [5, 5.41) is 7.87. The van der Waals surface area contributed by atoms with Gasteiger partial charge in [0.2, 0.25) is 11.8 Å². The van der Waals surface area contributed by atoms with Gasteiger partial charge in [-0.3, -0.25) is 9.59 Å². The second-order valence-electron chi connectivity index (χ2n) is 8.15. The minimum Gasteiger partial charge on any atom is -0.326 e. The second kappa shape index (κ2) is 10.9. The van der Waals surface area contributed by atoms with Gasteiger partial charge in [0.15, 0.2) is 5.13 Å². The Labute approximate surface area is 201 Å². The van der Waals surface area contributed by atoms with E-state index < -0.39 is 0 Å². The SMILES string of the molecule is CC(Sc1cccc(NC(=O)C2CCCCC2)c1)C(=O)Nc1nc(-c2ccc(F)cc2)cs1. The highest BCUT2D eigenvalue weighted by molar-refractivity contribution is 8.00. The van der Waals surface area contributed by atoms with Gasteiger partial charge in [0.1, 0.15) is 5.82 Å². The van der Waals surface area contributed by atoms with Gasteiger partial charge in [-0.1, -0.05) is 25.3 Å². The van der Waals surface area contributed by atoms with E-state index in [1.807, 2.05) is 36.6 Å². The van der Waals surface area contributed by atoms with Crippen LogP contribution in [0.15, 0.2) is 58.8 Å². The fraction of sp³-hybridized carbons (Fsp3) is 0.320. The minimum absolute atomic E-state index is 0.0865. The van der Waals surface area contributed by atoms with Crippen LogP contribution in [0.4, 0.5) is 15.2 Å². The van der Waals surface area contributed by atoms with E-state index in [1.165, 1.54) is 41.7 Å². The lowest BCUT2D eigenvalue weighted by Crippen LogP contribution is -2.24. The average molecular weight is 484 g/mol. The summed E-state index contributed by atoms with van der Waals surface area (Å²) in [4.78, 5) is 30.6. The molecule has 3 aromatic rings. The molecule has 1 aromatic heterocycles. The van der Waals surface area contributed by atoms with Crippen molar-refractivity contribution in [1.29, 1.82) is 0 Å². The first kappa shape index (κ1) is 23.4. The number of anilines is 2. The Kier molecular flexibility index (Phi) is 7.77. The molecule has 2 N–H and O–H groups in total. The van der Waals surface area contributed by atoms with E-state index in [0.29, 0.717) is 10.8 Å². The van der Waals surface area contributed by atoms with E-state index in [0.717, 1.165) is 41.8 Å². The van der Waals surface area contributed by atoms with Crippen LogP contribution >= 0.6 is 23.1 Å². The standard InChI is InChI=1S/C25H26FN3O2S2/c1-16(23(30)29-25-28-22(15-32-25)17-10-12-19(26)13-11-17)33-21-9-5-8-20(14-21)27-24(31)18-6-3-2-4-7-18/h5,8-16,18H,2-4,6-7H2,1H3,(H,27,31)(H,28,29,30). The van der Waals surface area contributed by atoms with Crippen LogP contribution in [0.2, 0.25) is 0 Å². The highest BCUT2D eigenvalue weighted by atomic mass is 32.2. The molecular weight excluding hydrogens is 457 g/mol. The Morgan fingerprint density at radius 3 is 2.61 bits per heavy atom. The van der Waals surface area contributed by atoms with Gasteiger partial charge < -0.3 is 10.6 Å². The Hall–Kier alpha value is -2.71. The molecule has 1 aliphatic rings. The van der Waals surface area contributed by atoms with Gasteiger partial charge in [-0.25, -0.2) is 9.37 Å². The third-order valence-corrected chi connectivity index (χ3v) is 7.49. The van der Waals surface area contributed by atoms with Gasteiger partial charge in [0, 0.05) is 27.4 Å². The fourth-order valence-electron chi connectivity index (χ4n) is 3.81. The number of rotatable bonds is 7. The molecule has 8 heteroatoms. The molecule has 2 amide bonds. The monoisotopic (exact) mass is 483 g/mol. The van der Waals surface area contributed by atoms with E-state index in [9.17, 15) is 14.0 Å². The molecule has 0 bridgehead atoms. The van der Waals surface area contributed by atoms with Crippen molar-refractivity contribution in [3.05, 3.63) is 59.7 Å². The van der Waals surface area contributed by atoms with Crippen LogP contribution in [0.5, 0.6) is 0 Å². The fourth-order valence-corrected chi connectivity index (χ4v) is 5.45. The normalized spacial score (nSPS) is 15.1. The molecule has 1 unspecified atom stereocenters. The molecule has 0 saturated heterocycles. The van der Waals surface area contributed by atoms with Crippen LogP contribution in [0, 0.1) is 11.7 Å². The average Bonchev–Trinajstić information content (AvgIpc) is 3.28. The van der Waals surface area contributed by atoms with Crippen molar-refractivity contribution in [1.82, 2.24) is 4.98 Å². The van der Waals surface area contributed by atoms with Crippen molar-refractivity contribution in [3.8, 4) is 11.3 Å². The third kappa shape index (κ3) is 6.42. The molecule has 1 fully saturated rings. The summed E-state index contributed by atoms with van der Waals surface area (Å²) in [6, 6.07) is 13.7. The zero-order chi connectivity index (χ0) is 23.2. The zero-order valence-corrected chi connectivity index (χ0v) is 20.0. The first-order chi connectivity index (χ1) is 16.0. The predicted molar refractivity (Wildman–Crippen MR) is 133 cm³/mol. The lowest BCUT2D eigenvalue weighted by Gasteiger charge is -2.21. The van der Waals surface area contributed by atoms with Crippen LogP contribution in [-0.4, -0.2) is 22.0 Å². The zero-order valence-electron chi connectivity index (χ0n) is 18.3. The Bertz CT molecular complexity index is 1110. The summed E-state index contributed by atoms with van der Waals surface area (Å²) < 4.78 is 13.1. The first-order valence-electron chi connectivity index (χ1n) is 11.1. The number of benzene rings is 2. The molecule has 0 spiro atoms. The van der Waals surface area contributed by atoms with Gasteiger partial charge in [0.25, 0.3) is 0 Å². The van der Waals surface area contributed by atoms with Crippen molar-refractivity contribution in [2.45, 2.75) is 49.2 Å². The number of amides is 2. The summed E-state index contributed by atoms with van der Waals surface area (Å²) in [5.74, 6) is -0.274. The Balaban J connectivity index is 1.33. The van der Waals surface area contributed by atoms with Crippen molar-refractivity contribution in [2.75, 3.05) is 10.6 Å². The van der Waals surface area contributed by atoms with Crippen molar-refractivity contribution in [3.63, 3.8) is 0 Å².